The van der Waals surface area contributed by atoms with E-state index in [1.54, 1.807) is 0 Å². The Morgan fingerprint density at radius 2 is 1.17 bits per heavy atom. The van der Waals surface area contributed by atoms with Crippen molar-refractivity contribution < 1.29 is 14.3 Å². The average molecular weight is 491 g/mol. The van der Waals surface area contributed by atoms with Crippen LogP contribution in [0.1, 0.15) is 60.8 Å². The lowest BCUT2D eigenvalue weighted by atomic mass is 9.70. The zero-order chi connectivity index (χ0) is 25.4. The monoisotopic (exact) mass is 490 g/mol. The van der Waals surface area contributed by atoms with Crippen molar-refractivity contribution in [2.45, 2.75) is 65.2 Å². The molecule has 2 saturated heterocycles. The van der Waals surface area contributed by atoms with Crippen LogP contribution < -0.4 is 0 Å². The summed E-state index contributed by atoms with van der Waals surface area (Å²) in [7, 11) is 0. The predicted molar refractivity (Wildman–Crippen MR) is 144 cm³/mol. The molecule has 5 nitrogen and oxygen atoms in total. The van der Waals surface area contributed by atoms with Gasteiger partial charge in [0.1, 0.15) is 13.2 Å². The number of ether oxygens (including phenoxy) is 1. The van der Waals surface area contributed by atoms with Crippen LogP contribution in [0.15, 0.2) is 48.5 Å². The number of carbonyl (C=O) groups excluding carboxylic acids is 2. The zero-order valence-electron chi connectivity index (χ0n) is 22.1. The fraction of sp³-hybridized carbons (Fsp3) is 0.548. The Bertz CT molecular complexity index is 926. The minimum absolute atomic E-state index is 0.0377. The summed E-state index contributed by atoms with van der Waals surface area (Å²) in [5.41, 5.74) is 5.88. The minimum atomic E-state index is -0.195. The van der Waals surface area contributed by atoms with E-state index in [-0.39, 0.29) is 25.0 Å². The molecule has 5 heteroatoms. The number of morpholine rings is 1. The third-order valence-electron chi connectivity index (χ3n) is 7.98. The SMILES string of the molecule is Cc1ccc(CC2(Cc3ccc(C)cc3)CCN(CCCCCCN3C(=O)COCC3=O)CC2)cc1. The van der Waals surface area contributed by atoms with Crippen LogP contribution in [0.5, 0.6) is 0 Å². The smallest absolute Gasteiger partial charge is 0.255 e. The van der Waals surface area contributed by atoms with Crippen LogP contribution in [0.4, 0.5) is 0 Å². The number of benzene rings is 2. The highest BCUT2D eigenvalue weighted by Gasteiger charge is 2.34. The van der Waals surface area contributed by atoms with Crippen LogP contribution >= 0.6 is 0 Å². The second-order valence-corrected chi connectivity index (χ2v) is 11.0. The van der Waals surface area contributed by atoms with Crippen LogP contribution in [0.25, 0.3) is 0 Å². The first-order chi connectivity index (χ1) is 17.4. The first-order valence-corrected chi connectivity index (χ1v) is 13.7. The van der Waals surface area contributed by atoms with Crippen molar-refractivity contribution in [3.05, 3.63) is 70.8 Å². The Hall–Kier alpha value is -2.50. The molecule has 36 heavy (non-hydrogen) atoms. The van der Waals surface area contributed by atoms with E-state index in [1.165, 1.54) is 46.4 Å². The van der Waals surface area contributed by atoms with Gasteiger partial charge < -0.3 is 9.64 Å². The lowest BCUT2D eigenvalue weighted by Gasteiger charge is -2.42. The van der Waals surface area contributed by atoms with Gasteiger partial charge in [-0.1, -0.05) is 72.5 Å². The standard InChI is InChI=1S/C31H42N2O3/c1-25-7-11-27(12-8-25)21-31(22-28-13-9-26(2)10-14-28)15-19-32(20-16-31)17-5-3-4-6-18-33-29(34)23-36-24-30(33)35/h7-14H,3-6,15-24H2,1-2H3. The molecule has 0 atom stereocenters. The van der Waals surface area contributed by atoms with Crippen molar-refractivity contribution in [1.82, 2.24) is 9.80 Å². The molecule has 2 aliphatic heterocycles. The van der Waals surface area contributed by atoms with Crippen LogP contribution in [-0.2, 0) is 27.2 Å². The van der Waals surface area contributed by atoms with Gasteiger partial charge in [0.2, 0.25) is 0 Å². The number of unbranched alkanes of at least 4 members (excludes halogenated alkanes) is 3. The summed E-state index contributed by atoms with van der Waals surface area (Å²) in [5.74, 6) is -0.390. The molecule has 0 saturated carbocycles. The Balaban J connectivity index is 1.23. The summed E-state index contributed by atoms with van der Waals surface area (Å²) in [6, 6.07) is 18.2. The number of amides is 2. The Kier molecular flexibility index (Phi) is 9.33. The number of likely N-dealkylation sites (tertiary alicyclic amines) is 1. The summed E-state index contributed by atoms with van der Waals surface area (Å²) >= 11 is 0. The molecule has 2 aromatic rings. The maximum absolute atomic E-state index is 11.8. The van der Waals surface area contributed by atoms with Gasteiger partial charge in [-0.3, -0.25) is 14.5 Å². The van der Waals surface area contributed by atoms with Gasteiger partial charge in [-0.15, -0.1) is 0 Å². The summed E-state index contributed by atoms with van der Waals surface area (Å²) in [4.78, 5) is 27.6. The largest absolute Gasteiger partial charge is 0.362 e. The van der Waals surface area contributed by atoms with E-state index in [0.29, 0.717) is 12.0 Å². The quantitative estimate of drug-likeness (QED) is 0.324. The molecule has 0 aromatic heterocycles. The second kappa shape index (κ2) is 12.6. The van der Waals surface area contributed by atoms with Gasteiger partial charge >= 0.3 is 0 Å². The molecular formula is C31H42N2O3. The van der Waals surface area contributed by atoms with E-state index < -0.39 is 0 Å². The number of nitrogens with zero attached hydrogens (tertiary/aromatic N) is 2. The molecule has 0 unspecified atom stereocenters. The molecule has 0 N–H and O–H groups in total. The van der Waals surface area contributed by atoms with Crippen molar-refractivity contribution in [1.29, 1.82) is 0 Å². The number of imide groups is 1. The van der Waals surface area contributed by atoms with Gasteiger partial charge in [0, 0.05) is 6.54 Å². The molecule has 2 aromatic carbocycles. The molecule has 0 radical (unpaired) electrons. The summed E-state index contributed by atoms with van der Waals surface area (Å²) < 4.78 is 4.98. The van der Waals surface area contributed by atoms with Gasteiger partial charge in [0.15, 0.2) is 0 Å². The summed E-state index contributed by atoms with van der Waals surface area (Å²) in [5, 5.41) is 0. The first kappa shape index (κ1) is 26.6. The van der Waals surface area contributed by atoms with Crippen molar-refractivity contribution >= 4 is 11.8 Å². The highest BCUT2D eigenvalue weighted by atomic mass is 16.5. The van der Waals surface area contributed by atoms with Crippen LogP contribution in [0.2, 0.25) is 0 Å². The van der Waals surface area contributed by atoms with Crippen molar-refractivity contribution in [2.75, 3.05) is 39.4 Å². The third-order valence-corrected chi connectivity index (χ3v) is 7.98. The fourth-order valence-corrected chi connectivity index (χ4v) is 5.67. The molecule has 2 aliphatic rings. The maximum atomic E-state index is 11.8. The fourth-order valence-electron chi connectivity index (χ4n) is 5.67. The maximum Gasteiger partial charge on any atom is 0.255 e. The van der Waals surface area contributed by atoms with E-state index in [1.807, 2.05) is 0 Å². The van der Waals surface area contributed by atoms with Crippen molar-refractivity contribution in [3.8, 4) is 0 Å². The number of hydrogen-bond acceptors (Lipinski definition) is 4. The van der Waals surface area contributed by atoms with E-state index in [2.05, 4.69) is 67.3 Å². The molecule has 0 spiro atoms. The Morgan fingerprint density at radius 3 is 1.67 bits per heavy atom. The average Bonchev–Trinajstić information content (AvgIpc) is 2.87. The lowest BCUT2D eigenvalue weighted by molar-refractivity contribution is -0.158. The molecule has 2 amide bonds. The van der Waals surface area contributed by atoms with E-state index in [9.17, 15) is 9.59 Å². The van der Waals surface area contributed by atoms with Gasteiger partial charge in [0.25, 0.3) is 11.8 Å². The molecular weight excluding hydrogens is 448 g/mol. The molecule has 2 heterocycles. The topological polar surface area (TPSA) is 49.9 Å². The summed E-state index contributed by atoms with van der Waals surface area (Å²) in [6.07, 6.45) is 9.01. The molecule has 0 aliphatic carbocycles. The Labute approximate surface area is 216 Å². The molecule has 194 valence electrons. The van der Waals surface area contributed by atoms with Gasteiger partial charge in [-0.25, -0.2) is 0 Å². The number of aryl methyl sites for hydroxylation is 2. The molecule has 0 bridgehead atoms. The van der Waals surface area contributed by atoms with E-state index in [4.69, 9.17) is 4.74 Å². The van der Waals surface area contributed by atoms with Crippen LogP contribution in [0.3, 0.4) is 0 Å². The minimum Gasteiger partial charge on any atom is -0.362 e. The zero-order valence-corrected chi connectivity index (χ0v) is 22.1. The predicted octanol–water partition coefficient (Wildman–Crippen LogP) is 5.12. The third kappa shape index (κ3) is 7.50. The van der Waals surface area contributed by atoms with Gasteiger partial charge in [-0.2, -0.15) is 0 Å². The van der Waals surface area contributed by atoms with Crippen LogP contribution in [-0.4, -0.2) is 61.0 Å². The van der Waals surface area contributed by atoms with Crippen molar-refractivity contribution in [3.63, 3.8) is 0 Å². The molecule has 4 rings (SSSR count). The van der Waals surface area contributed by atoms with E-state index >= 15 is 0 Å². The molecule has 2 fully saturated rings. The van der Waals surface area contributed by atoms with Gasteiger partial charge in [-0.05, 0) is 88.5 Å². The first-order valence-electron chi connectivity index (χ1n) is 13.7. The number of hydrogen-bond donors (Lipinski definition) is 0. The number of rotatable bonds is 11. The second-order valence-electron chi connectivity index (χ2n) is 11.0. The lowest BCUT2D eigenvalue weighted by Crippen LogP contribution is -2.46. The number of carbonyl (C=O) groups is 2. The number of piperidine rings is 1. The summed E-state index contributed by atoms with van der Waals surface area (Å²) in [6.45, 7) is 8.39. The van der Waals surface area contributed by atoms with Crippen LogP contribution in [0, 0.1) is 19.3 Å². The van der Waals surface area contributed by atoms with Gasteiger partial charge in [0.05, 0.1) is 0 Å². The highest BCUT2D eigenvalue weighted by Crippen LogP contribution is 2.39. The van der Waals surface area contributed by atoms with E-state index in [0.717, 1.165) is 51.7 Å². The Morgan fingerprint density at radius 1 is 0.694 bits per heavy atom. The highest BCUT2D eigenvalue weighted by molar-refractivity contribution is 5.98. The normalized spacial score (nSPS) is 18.6. The van der Waals surface area contributed by atoms with Crippen molar-refractivity contribution in [2.24, 2.45) is 5.41 Å².